The van der Waals surface area contributed by atoms with Crippen LogP contribution in [0.5, 0.6) is 0 Å². The number of sulfonamides is 1. The number of nitrogens with zero attached hydrogens (tertiary/aromatic N) is 3. The minimum atomic E-state index is -3.69. The van der Waals surface area contributed by atoms with Crippen LogP contribution in [0.15, 0.2) is 48.5 Å². The zero-order chi connectivity index (χ0) is 21.9. The summed E-state index contributed by atoms with van der Waals surface area (Å²) in [5.74, 6) is -0.501. The van der Waals surface area contributed by atoms with Gasteiger partial charge in [-0.3, -0.25) is 14.4 Å². The molecule has 1 heterocycles. The van der Waals surface area contributed by atoms with E-state index in [-0.39, 0.29) is 5.13 Å². The Labute approximate surface area is 184 Å². The fourth-order valence-electron chi connectivity index (χ4n) is 2.88. The first-order valence-corrected chi connectivity index (χ1v) is 12.2. The molecule has 2 aromatic carbocycles. The Balaban J connectivity index is 1.79. The summed E-state index contributed by atoms with van der Waals surface area (Å²) in [4.78, 5) is 12.8. The highest BCUT2D eigenvalue weighted by Gasteiger charge is 2.29. The number of aromatic nitrogens is 2. The summed E-state index contributed by atoms with van der Waals surface area (Å²) < 4.78 is 25.9. The van der Waals surface area contributed by atoms with E-state index in [1.807, 2.05) is 31.2 Å². The molecule has 1 amide bonds. The maximum Gasteiger partial charge on any atom is 0.249 e. The van der Waals surface area contributed by atoms with E-state index in [0.717, 1.165) is 28.1 Å². The lowest BCUT2D eigenvalue weighted by Gasteiger charge is -2.28. The number of hydrogen-bond donors (Lipinski definition) is 1. The molecule has 0 fully saturated rings. The summed E-state index contributed by atoms with van der Waals surface area (Å²) in [5, 5.41) is 12.2. The van der Waals surface area contributed by atoms with E-state index in [1.165, 1.54) is 18.3 Å². The minimum Gasteiger partial charge on any atom is -0.299 e. The van der Waals surface area contributed by atoms with Crippen molar-refractivity contribution in [2.45, 2.75) is 26.3 Å². The molecule has 158 valence electrons. The monoisotopic (exact) mass is 464 g/mol. The largest absolute Gasteiger partial charge is 0.299 e. The smallest absolute Gasteiger partial charge is 0.249 e. The quantitative estimate of drug-likeness (QED) is 0.565. The molecule has 0 radical (unpaired) electrons. The van der Waals surface area contributed by atoms with Crippen molar-refractivity contribution in [2.24, 2.45) is 0 Å². The predicted molar refractivity (Wildman–Crippen MR) is 122 cm³/mol. The average molecular weight is 465 g/mol. The third-order valence-corrected chi connectivity index (χ3v) is 6.82. The van der Waals surface area contributed by atoms with Crippen molar-refractivity contribution in [3.63, 3.8) is 0 Å². The summed E-state index contributed by atoms with van der Waals surface area (Å²) in [6.07, 6.45) is 1.91. The molecule has 0 bridgehead atoms. The summed E-state index contributed by atoms with van der Waals surface area (Å²) >= 11 is 7.09. The number of nitrogens with one attached hydrogen (secondary N) is 1. The standard InChI is InChI=1S/C20H21ClN4O3S2/c1-4-14-5-11-17(12-6-14)25(30(3,27)28)13(2)18(26)22-20-24-23-19(29-20)15-7-9-16(21)10-8-15/h5-13H,4H2,1-3H3,(H,22,24,26)/t13-/m0/s1. The molecule has 0 saturated carbocycles. The Kier molecular flexibility index (Phi) is 6.74. The number of halogens is 1. The lowest BCUT2D eigenvalue weighted by Crippen LogP contribution is -2.45. The highest BCUT2D eigenvalue weighted by Crippen LogP contribution is 2.28. The molecule has 0 aliphatic carbocycles. The van der Waals surface area contributed by atoms with Gasteiger partial charge in [0.25, 0.3) is 0 Å². The highest BCUT2D eigenvalue weighted by atomic mass is 35.5. The zero-order valence-corrected chi connectivity index (χ0v) is 19.1. The van der Waals surface area contributed by atoms with Crippen LogP contribution >= 0.6 is 22.9 Å². The predicted octanol–water partition coefficient (Wildman–Crippen LogP) is 4.21. The number of aryl methyl sites for hydroxylation is 1. The van der Waals surface area contributed by atoms with Crippen molar-refractivity contribution < 1.29 is 13.2 Å². The van der Waals surface area contributed by atoms with Crippen LogP contribution in [-0.2, 0) is 21.2 Å². The third kappa shape index (κ3) is 5.16. The van der Waals surface area contributed by atoms with E-state index in [2.05, 4.69) is 15.5 Å². The van der Waals surface area contributed by atoms with E-state index in [4.69, 9.17) is 11.6 Å². The number of benzene rings is 2. The van der Waals surface area contributed by atoms with E-state index >= 15 is 0 Å². The van der Waals surface area contributed by atoms with Crippen molar-refractivity contribution in [1.82, 2.24) is 10.2 Å². The van der Waals surface area contributed by atoms with Crippen LogP contribution in [0.1, 0.15) is 19.4 Å². The molecule has 3 rings (SSSR count). The molecule has 10 heteroatoms. The van der Waals surface area contributed by atoms with Crippen molar-refractivity contribution in [3.05, 3.63) is 59.1 Å². The van der Waals surface area contributed by atoms with Gasteiger partial charge in [0.15, 0.2) is 0 Å². The van der Waals surface area contributed by atoms with Gasteiger partial charge in [-0.1, -0.05) is 54.1 Å². The number of hydrogen-bond acceptors (Lipinski definition) is 6. The second-order valence-corrected chi connectivity index (χ2v) is 9.94. The molecular weight excluding hydrogens is 444 g/mol. The zero-order valence-electron chi connectivity index (χ0n) is 16.7. The Morgan fingerprint density at radius 1 is 1.13 bits per heavy atom. The van der Waals surface area contributed by atoms with Crippen LogP contribution in [-0.4, -0.2) is 36.8 Å². The normalized spacial score (nSPS) is 12.4. The van der Waals surface area contributed by atoms with Crippen molar-refractivity contribution >= 4 is 49.7 Å². The average Bonchev–Trinajstić information content (AvgIpc) is 3.16. The Hall–Kier alpha value is -2.49. The first kappa shape index (κ1) is 22.2. The van der Waals surface area contributed by atoms with Gasteiger partial charge in [0.2, 0.25) is 21.1 Å². The van der Waals surface area contributed by atoms with Gasteiger partial charge in [-0.15, -0.1) is 10.2 Å². The first-order chi connectivity index (χ1) is 14.2. The molecular formula is C20H21ClN4O3S2. The molecule has 0 unspecified atom stereocenters. The van der Waals surface area contributed by atoms with Crippen molar-refractivity contribution in [3.8, 4) is 10.6 Å². The van der Waals surface area contributed by atoms with Crippen LogP contribution in [0.2, 0.25) is 5.02 Å². The Morgan fingerprint density at radius 3 is 2.33 bits per heavy atom. The van der Waals surface area contributed by atoms with Crippen LogP contribution in [0.3, 0.4) is 0 Å². The van der Waals surface area contributed by atoms with Gasteiger partial charge in [-0.2, -0.15) is 0 Å². The molecule has 0 spiro atoms. The lowest BCUT2D eigenvalue weighted by molar-refractivity contribution is -0.116. The molecule has 1 N–H and O–H groups in total. The maximum absolute atomic E-state index is 12.8. The summed E-state index contributed by atoms with van der Waals surface area (Å²) in [7, 11) is -3.69. The number of carbonyl (C=O) groups is 1. The van der Waals surface area contributed by atoms with Gasteiger partial charge in [0, 0.05) is 10.6 Å². The lowest BCUT2D eigenvalue weighted by atomic mass is 10.1. The van der Waals surface area contributed by atoms with Crippen LogP contribution in [0, 0.1) is 0 Å². The van der Waals surface area contributed by atoms with Gasteiger partial charge in [-0.05, 0) is 43.2 Å². The topological polar surface area (TPSA) is 92.3 Å². The van der Waals surface area contributed by atoms with E-state index in [9.17, 15) is 13.2 Å². The fourth-order valence-corrected chi connectivity index (χ4v) is 4.93. The fraction of sp³-hybridized carbons (Fsp3) is 0.250. The first-order valence-electron chi connectivity index (χ1n) is 9.17. The number of anilines is 2. The molecule has 0 saturated heterocycles. The minimum absolute atomic E-state index is 0.284. The molecule has 30 heavy (non-hydrogen) atoms. The molecule has 3 aromatic rings. The molecule has 1 aromatic heterocycles. The van der Waals surface area contributed by atoms with E-state index in [1.54, 1.807) is 24.3 Å². The summed E-state index contributed by atoms with van der Waals surface area (Å²) in [6, 6.07) is 13.2. The molecule has 1 atom stereocenters. The Morgan fingerprint density at radius 2 is 1.77 bits per heavy atom. The summed E-state index contributed by atoms with van der Waals surface area (Å²) in [5.41, 5.74) is 2.32. The number of amides is 1. The van der Waals surface area contributed by atoms with Crippen LogP contribution in [0.25, 0.3) is 10.6 Å². The SMILES string of the molecule is CCc1ccc(N([C@@H](C)C(=O)Nc2nnc(-c3ccc(Cl)cc3)s2)S(C)(=O)=O)cc1. The summed E-state index contributed by atoms with van der Waals surface area (Å²) in [6.45, 7) is 3.55. The van der Waals surface area contributed by atoms with E-state index in [0.29, 0.717) is 15.7 Å². The van der Waals surface area contributed by atoms with Gasteiger partial charge in [0.05, 0.1) is 11.9 Å². The number of carbonyl (C=O) groups excluding carboxylic acids is 1. The highest BCUT2D eigenvalue weighted by molar-refractivity contribution is 7.92. The van der Waals surface area contributed by atoms with Crippen LogP contribution < -0.4 is 9.62 Å². The molecule has 7 nitrogen and oxygen atoms in total. The van der Waals surface area contributed by atoms with E-state index < -0.39 is 22.0 Å². The van der Waals surface area contributed by atoms with Gasteiger partial charge in [0.1, 0.15) is 11.0 Å². The molecule has 0 aliphatic rings. The maximum atomic E-state index is 12.8. The second kappa shape index (κ2) is 9.11. The second-order valence-electron chi connectivity index (χ2n) is 6.66. The van der Waals surface area contributed by atoms with Gasteiger partial charge < -0.3 is 0 Å². The molecule has 0 aliphatic heterocycles. The third-order valence-electron chi connectivity index (χ3n) is 4.43. The number of rotatable bonds is 7. The van der Waals surface area contributed by atoms with Gasteiger partial charge in [-0.25, -0.2) is 8.42 Å². The van der Waals surface area contributed by atoms with Gasteiger partial charge >= 0.3 is 0 Å². The van der Waals surface area contributed by atoms with Crippen LogP contribution in [0.4, 0.5) is 10.8 Å². The van der Waals surface area contributed by atoms with Crippen molar-refractivity contribution in [2.75, 3.05) is 15.9 Å². The Bertz CT molecular complexity index is 1130. The van der Waals surface area contributed by atoms with Crippen molar-refractivity contribution in [1.29, 1.82) is 0 Å².